The van der Waals surface area contributed by atoms with E-state index < -0.39 is 22.1 Å². The molecule has 4 aromatic carbocycles. The number of aryl methyl sites for hydroxylation is 1. The van der Waals surface area contributed by atoms with Gasteiger partial charge >= 0.3 is 11.9 Å². The number of benzene rings is 4. The van der Waals surface area contributed by atoms with Crippen LogP contribution in [0.3, 0.4) is 0 Å². The molecule has 0 unspecified atom stereocenters. The maximum Gasteiger partial charge on any atom is 0.337 e. The monoisotopic (exact) mass is 626 g/mol. The third-order valence-corrected chi connectivity index (χ3v) is 8.90. The minimum absolute atomic E-state index is 0.0651. The second-order valence-corrected chi connectivity index (χ2v) is 12.5. The van der Waals surface area contributed by atoms with Gasteiger partial charge in [-0.05, 0) is 84.0 Å². The van der Waals surface area contributed by atoms with Crippen molar-refractivity contribution in [3.05, 3.63) is 106 Å². The highest BCUT2D eigenvalue weighted by molar-refractivity contribution is 7.85. The summed E-state index contributed by atoms with van der Waals surface area (Å²) in [6, 6.07) is 20.9. The molecular formula is C35H32NO8S+. The quantitative estimate of drug-likeness (QED) is 0.0450. The predicted molar refractivity (Wildman–Crippen MR) is 173 cm³/mol. The van der Waals surface area contributed by atoms with Gasteiger partial charge in [-0.25, -0.2) is 9.59 Å². The maximum atomic E-state index is 12.4. The van der Waals surface area contributed by atoms with Crippen LogP contribution in [-0.4, -0.2) is 46.0 Å². The molecule has 0 radical (unpaired) electrons. The standard InChI is InChI=1S/C35H31NO8S/c1-21-22(2)27(34(38)39)16-15-26(21)30-20-25(37)13-12-24(30)11-9-23-10-14-29-32(19-23)36(17-5-6-18-45(42,43)44)31-8-4-3-7-28(31)33(29)35(40)41/h3-4,7-16,19-20H,5-6,17-18H2,1-2H3,(H3,38,39,40,41,42,43,44)/p+1. The molecule has 0 fully saturated rings. The Morgan fingerprint density at radius 1 is 0.778 bits per heavy atom. The number of hydrogen-bond donors (Lipinski definition) is 4. The summed E-state index contributed by atoms with van der Waals surface area (Å²) in [7, 11) is -4.10. The van der Waals surface area contributed by atoms with Crippen LogP contribution in [0.1, 0.15) is 55.8 Å². The molecule has 5 aromatic rings. The van der Waals surface area contributed by atoms with Gasteiger partial charge in [0.05, 0.1) is 27.7 Å². The largest absolute Gasteiger partial charge is 0.508 e. The zero-order valence-electron chi connectivity index (χ0n) is 24.7. The number of unbranched alkanes of at least 4 members (excludes halogenated alkanes) is 1. The Labute approximate surface area is 260 Å². The van der Waals surface area contributed by atoms with E-state index in [1.807, 2.05) is 47.9 Å². The second kappa shape index (κ2) is 12.5. The van der Waals surface area contributed by atoms with Crippen LogP contribution in [0.2, 0.25) is 0 Å². The number of phenolic OH excluding ortho intramolecular Hbond substituents is 1. The summed E-state index contributed by atoms with van der Waals surface area (Å²) in [5.41, 5.74) is 6.19. The minimum Gasteiger partial charge on any atom is -0.508 e. The number of aromatic nitrogens is 1. The smallest absolute Gasteiger partial charge is 0.337 e. The van der Waals surface area contributed by atoms with Crippen LogP contribution in [0.5, 0.6) is 5.75 Å². The average molecular weight is 627 g/mol. The number of aromatic carboxylic acids is 2. The Morgan fingerprint density at radius 2 is 1.51 bits per heavy atom. The van der Waals surface area contributed by atoms with E-state index in [-0.39, 0.29) is 29.1 Å². The summed E-state index contributed by atoms with van der Waals surface area (Å²) >= 11 is 0. The van der Waals surface area contributed by atoms with Gasteiger partial charge in [0.15, 0.2) is 0 Å². The van der Waals surface area contributed by atoms with E-state index in [4.69, 9.17) is 0 Å². The van der Waals surface area contributed by atoms with Crippen LogP contribution in [0.25, 0.3) is 45.1 Å². The van der Waals surface area contributed by atoms with E-state index in [0.717, 1.165) is 27.8 Å². The maximum absolute atomic E-state index is 12.4. The van der Waals surface area contributed by atoms with E-state index in [9.17, 15) is 37.9 Å². The average Bonchev–Trinajstić information content (AvgIpc) is 2.98. The third-order valence-electron chi connectivity index (χ3n) is 8.09. The van der Waals surface area contributed by atoms with Crippen molar-refractivity contribution in [2.45, 2.75) is 33.2 Å². The van der Waals surface area contributed by atoms with Crippen molar-refractivity contribution in [3.63, 3.8) is 0 Å². The molecule has 0 spiro atoms. The van der Waals surface area contributed by atoms with Gasteiger partial charge in [0.25, 0.3) is 10.1 Å². The van der Waals surface area contributed by atoms with Crippen molar-refractivity contribution in [3.8, 4) is 16.9 Å². The molecule has 0 atom stereocenters. The van der Waals surface area contributed by atoms with Crippen LogP contribution >= 0.6 is 0 Å². The van der Waals surface area contributed by atoms with Gasteiger partial charge in [0, 0.05) is 18.6 Å². The Hall–Kier alpha value is -5.06. The van der Waals surface area contributed by atoms with Gasteiger partial charge < -0.3 is 15.3 Å². The fourth-order valence-electron chi connectivity index (χ4n) is 5.76. The molecule has 0 aliphatic rings. The molecule has 0 aliphatic heterocycles. The number of aromatic hydroxyl groups is 1. The van der Waals surface area contributed by atoms with Crippen molar-refractivity contribution in [1.82, 2.24) is 0 Å². The van der Waals surface area contributed by atoms with Crippen molar-refractivity contribution < 1.29 is 42.4 Å². The molecule has 0 bridgehead atoms. The summed E-state index contributed by atoms with van der Waals surface area (Å²) in [4.78, 5) is 24.1. The normalized spacial score (nSPS) is 11.9. The van der Waals surface area contributed by atoms with Gasteiger partial charge in [0.2, 0.25) is 11.0 Å². The molecule has 10 heteroatoms. The Morgan fingerprint density at radius 3 is 2.22 bits per heavy atom. The van der Waals surface area contributed by atoms with E-state index in [1.54, 1.807) is 55.5 Å². The lowest BCUT2D eigenvalue weighted by Crippen LogP contribution is -2.36. The van der Waals surface area contributed by atoms with Crippen molar-refractivity contribution >= 4 is 56.0 Å². The Balaban J connectivity index is 1.62. The van der Waals surface area contributed by atoms with Gasteiger partial charge in [-0.15, -0.1) is 0 Å². The van der Waals surface area contributed by atoms with E-state index in [2.05, 4.69) is 0 Å². The summed E-state index contributed by atoms with van der Waals surface area (Å²) in [6.45, 7) is 3.99. The molecule has 45 heavy (non-hydrogen) atoms. The number of carboxylic acid groups (broad SMARTS) is 2. The first-order chi connectivity index (χ1) is 21.4. The van der Waals surface area contributed by atoms with Gasteiger partial charge in [-0.3, -0.25) is 4.55 Å². The van der Waals surface area contributed by atoms with Gasteiger partial charge in [-0.1, -0.05) is 42.5 Å². The highest BCUT2D eigenvalue weighted by Gasteiger charge is 2.24. The topological polar surface area (TPSA) is 153 Å². The molecule has 9 nitrogen and oxygen atoms in total. The molecule has 4 N–H and O–H groups in total. The number of fused-ring (bicyclic) bond motifs is 2. The van der Waals surface area contributed by atoms with Crippen LogP contribution in [-0.2, 0) is 16.7 Å². The Bertz CT molecular complexity index is 2130. The molecule has 1 heterocycles. The lowest BCUT2D eigenvalue weighted by molar-refractivity contribution is -0.645. The fraction of sp³-hybridized carbons (Fsp3) is 0.171. The predicted octanol–water partition coefficient (Wildman–Crippen LogP) is 6.50. The van der Waals surface area contributed by atoms with Crippen molar-refractivity contribution in [2.75, 3.05) is 5.75 Å². The van der Waals surface area contributed by atoms with Crippen LogP contribution in [0.4, 0.5) is 0 Å². The fourth-order valence-corrected chi connectivity index (χ4v) is 6.33. The zero-order chi connectivity index (χ0) is 32.5. The van der Waals surface area contributed by atoms with Crippen LogP contribution in [0.15, 0.2) is 72.8 Å². The molecular weight excluding hydrogens is 594 g/mol. The number of para-hydroxylation sites is 1. The zero-order valence-corrected chi connectivity index (χ0v) is 25.5. The highest BCUT2D eigenvalue weighted by atomic mass is 32.2. The SMILES string of the molecule is Cc1c(C(=O)O)ccc(-c2cc(O)ccc2/C=C/c2ccc3c(C(=O)O)c4ccccc4[n+](CCCCS(=O)(=O)O)c3c2)c1C. The first-order valence-corrected chi connectivity index (χ1v) is 15.9. The highest BCUT2D eigenvalue weighted by Crippen LogP contribution is 2.34. The summed E-state index contributed by atoms with van der Waals surface area (Å²) in [5, 5.41) is 31.1. The number of hydrogen-bond acceptors (Lipinski definition) is 5. The van der Waals surface area contributed by atoms with Crippen LogP contribution in [0, 0.1) is 13.8 Å². The number of nitrogens with zero attached hydrogens (tertiary/aromatic N) is 1. The molecule has 5 rings (SSSR count). The Kier molecular flexibility index (Phi) is 8.72. The number of rotatable bonds is 10. The first kappa shape index (κ1) is 31.4. The number of phenols is 1. The van der Waals surface area contributed by atoms with E-state index in [1.165, 1.54) is 0 Å². The van der Waals surface area contributed by atoms with Gasteiger partial charge in [-0.2, -0.15) is 13.0 Å². The molecule has 0 saturated carbocycles. The second-order valence-electron chi connectivity index (χ2n) is 10.9. The molecule has 0 aliphatic carbocycles. The molecule has 1 aromatic heterocycles. The summed E-state index contributed by atoms with van der Waals surface area (Å²) < 4.78 is 33.7. The number of carboxylic acids is 2. The summed E-state index contributed by atoms with van der Waals surface area (Å²) in [5.74, 6) is -2.37. The van der Waals surface area contributed by atoms with Gasteiger partial charge in [0.1, 0.15) is 12.3 Å². The van der Waals surface area contributed by atoms with E-state index >= 15 is 0 Å². The summed E-state index contributed by atoms with van der Waals surface area (Å²) in [6.07, 6.45) is 4.43. The van der Waals surface area contributed by atoms with Crippen molar-refractivity contribution in [2.24, 2.45) is 0 Å². The number of carbonyl (C=O) groups is 2. The molecule has 0 saturated heterocycles. The lowest BCUT2D eigenvalue weighted by atomic mass is 9.90. The first-order valence-electron chi connectivity index (χ1n) is 14.3. The van der Waals surface area contributed by atoms with E-state index in [0.29, 0.717) is 40.3 Å². The number of pyridine rings is 1. The van der Waals surface area contributed by atoms with Crippen molar-refractivity contribution in [1.29, 1.82) is 0 Å². The molecule has 0 amide bonds. The minimum atomic E-state index is -4.10. The third kappa shape index (κ3) is 6.57. The molecule has 230 valence electrons. The lowest BCUT2D eigenvalue weighted by Gasteiger charge is -2.14. The van der Waals surface area contributed by atoms with Crippen LogP contribution < -0.4 is 4.57 Å².